The van der Waals surface area contributed by atoms with Crippen LogP contribution in [0.2, 0.25) is 0 Å². The zero-order chi connectivity index (χ0) is 45.8. The SMILES string of the molecule is CC/C=C\C/C=C\C/C=C\C/C=C\C/C=C\C/C=C\C/C=C\CCCCCC(=O)OCC(COC(=O)CCCCCCC)OC(=O)C/C=C\C/C=C\C/C=C\C/C=C\C/C=C\CC. The third-order valence-electron chi connectivity index (χ3n) is 9.37. The molecule has 0 fully saturated rings. The van der Waals surface area contributed by atoms with Crippen LogP contribution in [0.3, 0.4) is 0 Å². The Hall–Kier alpha value is -4.71. The third-order valence-corrected chi connectivity index (χ3v) is 9.37. The normalized spacial score (nSPS) is 13.4. The van der Waals surface area contributed by atoms with Gasteiger partial charge in [-0.1, -0.05) is 199 Å². The Balaban J connectivity index is 4.37. The molecule has 0 radical (unpaired) electrons. The van der Waals surface area contributed by atoms with Crippen molar-refractivity contribution < 1.29 is 28.6 Å². The minimum Gasteiger partial charge on any atom is -0.462 e. The van der Waals surface area contributed by atoms with Crippen LogP contribution in [0.25, 0.3) is 0 Å². The molecule has 0 rings (SSSR count). The molecule has 0 amide bonds. The average molecular weight is 867 g/mol. The maximum Gasteiger partial charge on any atom is 0.310 e. The zero-order valence-electron chi connectivity index (χ0n) is 39.8. The number of rotatable bonds is 41. The second kappa shape index (κ2) is 49.9. The van der Waals surface area contributed by atoms with Crippen molar-refractivity contribution in [3.63, 3.8) is 0 Å². The summed E-state index contributed by atoms with van der Waals surface area (Å²) in [7, 11) is 0. The van der Waals surface area contributed by atoms with Crippen LogP contribution in [-0.4, -0.2) is 37.2 Å². The summed E-state index contributed by atoms with van der Waals surface area (Å²) in [6.45, 7) is 6.17. The highest BCUT2D eigenvalue weighted by Crippen LogP contribution is 2.09. The highest BCUT2D eigenvalue weighted by molar-refractivity contribution is 5.72. The van der Waals surface area contributed by atoms with Gasteiger partial charge in [-0.2, -0.15) is 0 Å². The van der Waals surface area contributed by atoms with Crippen molar-refractivity contribution in [2.45, 2.75) is 181 Å². The Bertz CT molecular complexity index is 1460. The molecule has 0 saturated carbocycles. The van der Waals surface area contributed by atoms with Gasteiger partial charge in [0.2, 0.25) is 0 Å². The fraction of sp³-hybridized carbons (Fsp3) is 0.526. The minimum absolute atomic E-state index is 0.0825. The highest BCUT2D eigenvalue weighted by atomic mass is 16.6. The van der Waals surface area contributed by atoms with Crippen molar-refractivity contribution in [3.05, 3.63) is 146 Å². The number of allylic oxidation sites excluding steroid dienone is 23. The van der Waals surface area contributed by atoms with Crippen molar-refractivity contribution in [2.75, 3.05) is 13.2 Å². The van der Waals surface area contributed by atoms with Crippen LogP contribution in [0.1, 0.15) is 175 Å². The topological polar surface area (TPSA) is 78.9 Å². The Morgan fingerprint density at radius 2 is 0.667 bits per heavy atom. The van der Waals surface area contributed by atoms with Gasteiger partial charge in [0.25, 0.3) is 0 Å². The highest BCUT2D eigenvalue weighted by Gasteiger charge is 2.19. The van der Waals surface area contributed by atoms with Gasteiger partial charge in [-0.15, -0.1) is 0 Å². The number of hydrogen-bond donors (Lipinski definition) is 0. The second-order valence-electron chi connectivity index (χ2n) is 15.3. The maximum atomic E-state index is 12.6. The number of unbranched alkanes of at least 4 members (excludes halogenated alkanes) is 7. The van der Waals surface area contributed by atoms with E-state index in [1.54, 1.807) is 6.08 Å². The molecule has 350 valence electrons. The Labute approximate surface area is 385 Å². The van der Waals surface area contributed by atoms with Crippen molar-refractivity contribution in [3.8, 4) is 0 Å². The monoisotopic (exact) mass is 867 g/mol. The van der Waals surface area contributed by atoms with E-state index in [4.69, 9.17) is 14.2 Å². The molecule has 0 aliphatic carbocycles. The van der Waals surface area contributed by atoms with Crippen molar-refractivity contribution in [1.29, 1.82) is 0 Å². The number of carbonyl (C=O) groups excluding carboxylic acids is 3. The summed E-state index contributed by atoms with van der Waals surface area (Å²) in [5.74, 6) is -1.13. The van der Waals surface area contributed by atoms with Crippen LogP contribution in [0.5, 0.6) is 0 Å². The first-order valence-electron chi connectivity index (χ1n) is 24.3. The molecule has 1 atom stereocenters. The Morgan fingerprint density at radius 3 is 1.03 bits per heavy atom. The molecular weight excluding hydrogens is 781 g/mol. The molecule has 1 unspecified atom stereocenters. The van der Waals surface area contributed by atoms with Gasteiger partial charge in [-0.05, 0) is 103 Å². The number of esters is 3. The lowest BCUT2D eigenvalue weighted by molar-refractivity contribution is -0.166. The summed E-state index contributed by atoms with van der Waals surface area (Å²) < 4.78 is 16.5. The van der Waals surface area contributed by atoms with Crippen LogP contribution >= 0.6 is 0 Å². The molecular formula is C57H86O6. The molecule has 6 nitrogen and oxygen atoms in total. The van der Waals surface area contributed by atoms with Gasteiger partial charge >= 0.3 is 17.9 Å². The fourth-order valence-corrected chi connectivity index (χ4v) is 5.79. The van der Waals surface area contributed by atoms with Gasteiger partial charge in [-0.3, -0.25) is 14.4 Å². The molecule has 0 heterocycles. The van der Waals surface area contributed by atoms with Crippen LogP contribution in [0, 0.1) is 0 Å². The zero-order valence-corrected chi connectivity index (χ0v) is 39.8. The molecule has 0 aliphatic heterocycles. The summed E-state index contributed by atoms with van der Waals surface area (Å²) in [4.78, 5) is 37.5. The summed E-state index contributed by atoms with van der Waals surface area (Å²) >= 11 is 0. The molecule has 0 N–H and O–H groups in total. The van der Waals surface area contributed by atoms with E-state index in [0.29, 0.717) is 19.3 Å². The summed E-state index contributed by atoms with van der Waals surface area (Å²) in [5, 5.41) is 0. The number of hydrogen-bond acceptors (Lipinski definition) is 6. The maximum absolute atomic E-state index is 12.6. The summed E-state index contributed by atoms with van der Waals surface area (Å²) in [5.41, 5.74) is 0. The van der Waals surface area contributed by atoms with Gasteiger partial charge < -0.3 is 14.2 Å². The lowest BCUT2D eigenvalue weighted by Gasteiger charge is -2.18. The summed E-state index contributed by atoms with van der Waals surface area (Å²) in [6.07, 6.45) is 71.8. The van der Waals surface area contributed by atoms with E-state index in [-0.39, 0.29) is 31.6 Å². The van der Waals surface area contributed by atoms with Gasteiger partial charge in [-0.25, -0.2) is 0 Å². The largest absolute Gasteiger partial charge is 0.462 e. The predicted octanol–water partition coefficient (Wildman–Crippen LogP) is 16.1. The summed E-state index contributed by atoms with van der Waals surface area (Å²) in [6, 6.07) is 0. The molecule has 0 aromatic carbocycles. The van der Waals surface area contributed by atoms with Crippen LogP contribution in [-0.2, 0) is 28.6 Å². The minimum atomic E-state index is -0.848. The van der Waals surface area contributed by atoms with E-state index in [2.05, 4.69) is 154 Å². The van der Waals surface area contributed by atoms with E-state index >= 15 is 0 Å². The average Bonchev–Trinajstić information content (AvgIpc) is 3.28. The first-order valence-corrected chi connectivity index (χ1v) is 24.3. The van der Waals surface area contributed by atoms with Gasteiger partial charge in [0.15, 0.2) is 6.10 Å². The molecule has 0 bridgehead atoms. The van der Waals surface area contributed by atoms with Crippen LogP contribution < -0.4 is 0 Å². The predicted molar refractivity (Wildman–Crippen MR) is 269 cm³/mol. The molecule has 0 saturated heterocycles. The number of ether oxygens (including phenoxy) is 3. The van der Waals surface area contributed by atoms with Crippen LogP contribution in [0.15, 0.2) is 146 Å². The smallest absolute Gasteiger partial charge is 0.310 e. The van der Waals surface area contributed by atoms with E-state index in [9.17, 15) is 14.4 Å². The van der Waals surface area contributed by atoms with Crippen molar-refractivity contribution in [1.82, 2.24) is 0 Å². The van der Waals surface area contributed by atoms with Crippen molar-refractivity contribution >= 4 is 17.9 Å². The molecule has 0 spiro atoms. The third kappa shape index (κ3) is 48.2. The second-order valence-corrected chi connectivity index (χ2v) is 15.3. The van der Waals surface area contributed by atoms with Gasteiger partial charge in [0.1, 0.15) is 13.2 Å². The van der Waals surface area contributed by atoms with Gasteiger partial charge in [0, 0.05) is 12.8 Å². The Kier molecular flexibility index (Phi) is 46.2. The lowest BCUT2D eigenvalue weighted by atomic mass is 10.1. The van der Waals surface area contributed by atoms with E-state index < -0.39 is 12.1 Å². The first kappa shape index (κ1) is 58.3. The van der Waals surface area contributed by atoms with Gasteiger partial charge in [0.05, 0.1) is 6.42 Å². The molecule has 6 heteroatoms. The fourth-order valence-electron chi connectivity index (χ4n) is 5.79. The molecule has 0 aromatic rings. The molecule has 0 aromatic heterocycles. The first-order chi connectivity index (χ1) is 31.0. The van der Waals surface area contributed by atoms with Crippen molar-refractivity contribution in [2.24, 2.45) is 0 Å². The molecule has 63 heavy (non-hydrogen) atoms. The van der Waals surface area contributed by atoms with E-state index in [1.807, 2.05) is 6.08 Å². The van der Waals surface area contributed by atoms with E-state index in [1.165, 1.54) is 0 Å². The number of carbonyl (C=O) groups is 3. The quantitative estimate of drug-likeness (QED) is 0.0264. The Morgan fingerprint density at radius 1 is 0.349 bits per heavy atom. The van der Waals surface area contributed by atoms with E-state index in [0.717, 1.165) is 128 Å². The lowest BCUT2D eigenvalue weighted by Crippen LogP contribution is -2.30. The molecule has 0 aliphatic rings. The standard InChI is InChI=1S/C57H86O6/c1-4-7-10-13-15-17-19-21-23-24-25-26-27-28-29-30-31-32-34-35-37-39-41-44-47-50-56(59)62-53-54(52-61-55(58)49-46-43-12-9-6-3)63-57(60)51-48-45-42-40-38-36-33-22-20-18-16-14-11-8-5-2/h7-8,10-11,15-18,21-23,25-26,28-29,31-33,35,37-38,40,45,48,54H,4-6,9,12-14,19-20,24,27,30,34,36,39,41-44,46-47,49-53H2,1-3H3/b10-7-,11-8-,17-15-,18-16-,23-21-,26-25-,29-28-,32-31-,33-22-,37-35-,40-38-,48-45-. The van der Waals surface area contributed by atoms with Crippen LogP contribution in [0.4, 0.5) is 0 Å².